The summed E-state index contributed by atoms with van der Waals surface area (Å²) in [6.45, 7) is 0. The number of esters is 1. The smallest absolute Gasteiger partial charge is 0.311 e. The molecule has 0 aliphatic rings. The number of carbonyl (C=O) groups is 1. The van der Waals surface area contributed by atoms with Gasteiger partial charge in [0.15, 0.2) is 0 Å². The van der Waals surface area contributed by atoms with E-state index >= 15 is 0 Å². The number of hydrogen-bond acceptors (Lipinski definition) is 2. The number of hydrogen-bond donors (Lipinski definition) is 0. The van der Waals surface area contributed by atoms with E-state index in [2.05, 4.69) is 51.6 Å². The fraction of sp³-hybridized carbons (Fsp3) is 0.211. The first-order chi connectivity index (χ1) is 11.9. The fourth-order valence-electron chi connectivity index (χ4n) is 2.79. The molecule has 3 aromatic rings. The first kappa shape index (κ1) is 18.5. The zero-order valence-electron chi connectivity index (χ0n) is 13.6. The van der Waals surface area contributed by atoms with Crippen LogP contribution in [0.25, 0.3) is 10.9 Å². The van der Waals surface area contributed by atoms with Gasteiger partial charge in [-0.2, -0.15) is 0 Å². The van der Waals surface area contributed by atoms with Crippen molar-refractivity contribution in [1.82, 2.24) is 4.57 Å². The maximum atomic E-state index is 12.0. The van der Waals surface area contributed by atoms with Crippen LogP contribution in [0.1, 0.15) is 18.4 Å². The van der Waals surface area contributed by atoms with Crippen molar-refractivity contribution in [3.63, 3.8) is 0 Å². The molecular weight excluding hydrogens is 472 g/mol. The second-order valence-corrected chi connectivity index (χ2v) is 7.89. The highest BCUT2D eigenvalue weighted by Gasteiger charge is 2.10. The van der Waals surface area contributed by atoms with Crippen molar-refractivity contribution >= 4 is 62.7 Å². The van der Waals surface area contributed by atoms with Crippen LogP contribution in [0, 0.1) is 3.57 Å². The van der Waals surface area contributed by atoms with Crippen LogP contribution in [-0.2, 0) is 18.3 Å². The lowest BCUT2D eigenvalue weighted by molar-refractivity contribution is -0.134. The molecule has 0 amide bonds. The van der Waals surface area contributed by atoms with E-state index in [0.717, 1.165) is 12.8 Å². The van der Waals surface area contributed by atoms with Crippen molar-refractivity contribution in [1.29, 1.82) is 0 Å². The van der Waals surface area contributed by atoms with Gasteiger partial charge < -0.3 is 9.30 Å². The SMILES string of the molecule is Cn1cc(CCCC(=O)Oc2ccc(Cl)c(Cl)c2)c2cc(I)ccc21. The maximum absolute atomic E-state index is 12.0. The van der Waals surface area contributed by atoms with Crippen molar-refractivity contribution in [2.45, 2.75) is 19.3 Å². The van der Waals surface area contributed by atoms with Crippen LogP contribution in [0.3, 0.4) is 0 Å². The molecule has 0 radical (unpaired) electrons. The predicted octanol–water partition coefficient (Wildman–Crippen LogP) is 6.02. The Bertz CT molecular complexity index is 937. The lowest BCUT2D eigenvalue weighted by Gasteiger charge is -2.05. The summed E-state index contributed by atoms with van der Waals surface area (Å²) in [7, 11) is 2.04. The molecule has 1 heterocycles. The highest BCUT2D eigenvalue weighted by Crippen LogP contribution is 2.27. The molecule has 0 atom stereocenters. The zero-order valence-corrected chi connectivity index (χ0v) is 17.2. The lowest BCUT2D eigenvalue weighted by atomic mass is 10.1. The van der Waals surface area contributed by atoms with Crippen LogP contribution < -0.4 is 4.74 Å². The van der Waals surface area contributed by atoms with Crippen molar-refractivity contribution in [2.75, 3.05) is 0 Å². The third kappa shape index (κ3) is 4.49. The van der Waals surface area contributed by atoms with Gasteiger partial charge in [-0.3, -0.25) is 4.79 Å². The van der Waals surface area contributed by atoms with E-state index in [4.69, 9.17) is 27.9 Å². The van der Waals surface area contributed by atoms with Gasteiger partial charge in [-0.05, 0) is 71.3 Å². The zero-order chi connectivity index (χ0) is 18.0. The van der Waals surface area contributed by atoms with Gasteiger partial charge in [-0.25, -0.2) is 0 Å². The van der Waals surface area contributed by atoms with Gasteiger partial charge in [0.05, 0.1) is 10.0 Å². The lowest BCUT2D eigenvalue weighted by Crippen LogP contribution is -2.08. The molecule has 0 spiro atoms. The molecule has 0 N–H and O–H groups in total. The number of nitrogens with zero attached hydrogens (tertiary/aromatic N) is 1. The minimum absolute atomic E-state index is 0.270. The Morgan fingerprint density at radius 2 is 1.96 bits per heavy atom. The number of ether oxygens (including phenoxy) is 1. The van der Waals surface area contributed by atoms with Crippen LogP contribution in [0.2, 0.25) is 10.0 Å². The molecule has 130 valence electrons. The van der Waals surface area contributed by atoms with Crippen LogP contribution >= 0.6 is 45.8 Å². The van der Waals surface area contributed by atoms with Crippen LogP contribution in [0.5, 0.6) is 5.75 Å². The summed E-state index contributed by atoms with van der Waals surface area (Å²) in [6, 6.07) is 11.2. The van der Waals surface area contributed by atoms with E-state index in [1.54, 1.807) is 18.2 Å². The third-order valence-corrected chi connectivity index (χ3v) is 5.39. The van der Waals surface area contributed by atoms with Gasteiger partial charge in [-0.15, -0.1) is 0 Å². The molecular formula is C19H16Cl2INO2. The van der Waals surface area contributed by atoms with Crippen molar-refractivity contribution in [2.24, 2.45) is 7.05 Å². The highest BCUT2D eigenvalue weighted by molar-refractivity contribution is 14.1. The second kappa shape index (κ2) is 7.98. The summed E-state index contributed by atoms with van der Waals surface area (Å²) < 4.78 is 8.64. The molecule has 3 rings (SSSR count). The summed E-state index contributed by atoms with van der Waals surface area (Å²) in [4.78, 5) is 12.0. The van der Waals surface area contributed by atoms with Gasteiger partial charge in [0.1, 0.15) is 5.75 Å². The summed E-state index contributed by atoms with van der Waals surface area (Å²) in [6.07, 6.45) is 4.03. The van der Waals surface area contributed by atoms with Crippen molar-refractivity contribution in [3.8, 4) is 5.75 Å². The van der Waals surface area contributed by atoms with Gasteiger partial charge in [-0.1, -0.05) is 23.2 Å². The van der Waals surface area contributed by atoms with Gasteiger partial charge in [0.25, 0.3) is 0 Å². The molecule has 0 unspecified atom stereocenters. The number of halogens is 3. The number of aryl methyl sites for hydroxylation is 2. The Hall–Kier alpha value is -1.24. The Labute approximate surface area is 170 Å². The van der Waals surface area contributed by atoms with E-state index in [1.165, 1.54) is 20.0 Å². The normalized spacial score (nSPS) is 11.0. The summed E-state index contributed by atoms with van der Waals surface area (Å²) in [5, 5.41) is 2.05. The molecule has 2 aromatic carbocycles. The van der Waals surface area contributed by atoms with Crippen molar-refractivity contribution in [3.05, 3.63) is 61.8 Å². The molecule has 0 bridgehead atoms. The summed E-state index contributed by atoms with van der Waals surface area (Å²) in [5.41, 5.74) is 2.45. The second-order valence-electron chi connectivity index (χ2n) is 5.83. The fourth-order valence-corrected chi connectivity index (χ4v) is 3.57. The number of carbonyl (C=O) groups excluding carboxylic acids is 1. The van der Waals surface area contributed by atoms with Gasteiger partial charge >= 0.3 is 5.97 Å². The first-order valence-corrected chi connectivity index (χ1v) is 9.66. The van der Waals surface area contributed by atoms with E-state index in [9.17, 15) is 4.79 Å². The van der Waals surface area contributed by atoms with Crippen LogP contribution in [0.15, 0.2) is 42.6 Å². The number of benzene rings is 2. The number of aromatic nitrogens is 1. The average molecular weight is 488 g/mol. The standard InChI is InChI=1S/C19H16Cl2INO2/c1-23-11-12(15-9-13(22)5-8-18(15)23)3-2-4-19(24)25-14-6-7-16(20)17(21)10-14/h5-11H,2-4H2,1H3. The average Bonchev–Trinajstić information content (AvgIpc) is 2.86. The predicted molar refractivity (Wildman–Crippen MR) is 111 cm³/mol. The molecule has 25 heavy (non-hydrogen) atoms. The minimum Gasteiger partial charge on any atom is -0.426 e. The molecule has 0 saturated heterocycles. The maximum Gasteiger partial charge on any atom is 0.311 e. The Balaban J connectivity index is 1.60. The number of rotatable bonds is 5. The molecule has 6 heteroatoms. The number of fused-ring (bicyclic) bond motifs is 1. The van der Waals surface area contributed by atoms with E-state index in [-0.39, 0.29) is 5.97 Å². The van der Waals surface area contributed by atoms with E-state index in [0.29, 0.717) is 22.2 Å². The Morgan fingerprint density at radius 1 is 1.16 bits per heavy atom. The van der Waals surface area contributed by atoms with Gasteiger partial charge in [0.2, 0.25) is 0 Å². The van der Waals surface area contributed by atoms with Crippen LogP contribution in [-0.4, -0.2) is 10.5 Å². The molecule has 0 fully saturated rings. The summed E-state index contributed by atoms with van der Waals surface area (Å²) in [5.74, 6) is 0.146. The molecule has 0 saturated carbocycles. The highest BCUT2D eigenvalue weighted by atomic mass is 127. The molecule has 3 nitrogen and oxygen atoms in total. The third-order valence-electron chi connectivity index (χ3n) is 3.98. The topological polar surface area (TPSA) is 31.2 Å². The quantitative estimate of drug-likeness (QED) is 0.250. The van der Waals surface area contributed by atoms with E-state index in [1.807, 2.05) is 7.05 Å². The molecule has 0 aliphatic carbocycles. The first-order valence-electron chi connectivity index (χ1n) is 7.83. The minimum atomic E-state index is -0.270. The molecule has 0 aliphatic heterocycles. The summed E-state index contributed by atoms with van der Waals surface area (Å²) >= 11 is 14.1. The van der Waals surface area contributed by atoms with Crippen LogP contribution in [0.4, 0.5) is 0 Å². The van der Waals surface area contributed by atoms with Crippen molar-refractivity contribution < 1.29 is 9.53 Å². The molecule has 1 aromatic heterocycles. The van der Waals surface area contributed by atoms with Gasteiger partial charge in [0, 0.05) is 40.2 Å². The Kier molecular flexibility index (Phi) is 5.92. The van der Waals surface area contributed by atoms with E-state index < -0.39 is 0 Å². The Morgan fingerprint density at radius 3 is 2.72 bits per heavy atom. The largest absolute Gasteiger partial charge is 0.426 e. The monoisotopic (exact) mass is 487 g/mol.